The topological polar surface area (TPSA) is 73.6 Å². The van der Waals surface area contributed by atoms with Crippen LogP contribution in [-0.4, -0.2) is 71.2 Å². The molecule has 158 valence electrons. The van der Waals surface area contributed by atoms with Gasteiger partial charge in [0.05, 0.1) is 11.6 Å². The van der Waals surface area contributed by atoms with Gasteiger partial charge in [-0.3, -0.25) is 4.90 Å². The molecule has 1 aliphatic heterocycles. The van der Waals surface area contributed by atoms with Crippen LogP contribution in [0.5, 0.6) is 0 Å². The van der Waals surface area contributed by atoms with Gasteiger partial charge in [0.25, 0.3) is 0 Å². The molecule has 0 bridgehead atoms. The Bertz CT molecular complexity index is 800. The molecule has 0 saturated carbocycles. The quantitative estimate of drug-likeness (QED) is 0.508. The SMILES string of the molecule is CCNC(=NCc1cc(Cl)c(Cl)n1C)NCCN1CCN(c2ncccn2)CC1. The van der Waals surface area contributed by atoms with Crippen LogP contribution in [0.25, 0.3) is 0 Å². The smallest absolute Gasteiger partial charge is 0.225 e. The van der Waals surface area contributed by atoms with Crippen LogP contribution >= 0.6 is 23.2 Å². The molecule has 2 aromatic rings. The first-order valence-electron chi connectivity index (χ1n) is 9.84. The van der Waals surface area contributed by atoms with Crippen molar-refractivity contribution in [1.82, 2.24) is 30.1 Å². The number of nitrogens with zero attached hydrogens (tertiary/aromatic N) is 6. The van der Waals surface area contributed by atoms with Crippen molar-refractivity contribution >= 4 is 35.1 Å². The maximum Gasteiger partial charge on any atom is 0.225 e. The van der Waals surface area contributed by atoms with E-state index in [0.717, 1.165) is 63.4 Å². The second kappa shape index (κ2) is 10.7. The number of aliphatic imine (C=N–C) groups is 1. The van der Waals surface area contributed by atoms with Crippen LogP contribution < -0.4 is 15.5 Å². The summed E-state index contributed by atoms with van der Waals surface area (Å²) < 4.78 is 1.85. The van der Waals surface area contributed by atoms with Crippen LogP contribution in [0.3, 0.4) is 0 Å². The van der Waals surface area contributed by atoms with Gasteiger partial charge in [0.2, 0.25) is 5.95 Å². The summed E-state index contributed by atoms with van der Waals surface area (Å²) in [5, 5.41) is 7.78. The predicted octanol–water partition coefficient (Wildman–Crippen LogP) is 2.00. The zero-order chi connectivity index (χ0) is 20.6. The van der Waals surface area contributed by atoms with E-state index in [1.165, 1.54) is 0 Å². The van der Waals surface area contributed by atoms with Gasteiger partial charge in [0.1, 0.15) is 5.15 Å². The fraction of sp³-hybridized carbons (Fsp3) is 0.526. The Balaban J connectivity index is 1.44. The Morgan fingerprint density at radius 2 is 1.86 bits per heavy atom. The number of nitrogens with one attached hydrogen (secondary N) is 2. The molecule has 0 aromatic carbocycles. The fourth-order valence-corrected chi connectivity index (χ4v) is 3.62. The molecule has 0 aliphatic carbocycles. The lowest BCUT2D eigenvalue weighted by molar-refractivity contribution is 0.260. The highest BCUT2D eigenvalue weighted by Crippen LogP contribution is 2.25. The minimum Gasteiger partial charge on any atom is -0.357 e. The molecule has 0 amide bonds. The van der Waals surface area contributed by atoms with Crippen LogP contribution in [0, 0.1) is 0 Å². The number of halogens is 2. The highest BCUT2D eigenvalue weighted by Gasteiger charge is 2.18. The van der Waals surface area contributed by atoms with E-state index in [1.54, 1.807) is 12.4 Å². The number of piperazine rings is 1. The van der Waals surface area contributed by atoms with E-state index in [1.807, 2.05) is 23.7 Å². The maximum absolute atomic E-state index is 6.13. The summed E-state index contributed by atoms with van der Waals surface area (Å²) in [5.41, 5.74) is 0.969. The number of aromatic nitrogens is 3. The third kappa shape index (κ3) is 5.98. The van der Waals surface area contributed by atoms with Crippen molar-refractivity contribution in [3.8, 4) is 0 Å². The van der Waals surface area contributed by atoms with Gasteiger partial charge in [-0.05, 0) is 19.1 Å². The molecular weight excluding hydrogens is 411 g/mol. The molecule has 1 fully saturated rings. The first-order chi connectivity index (χ1) is 14.1. The third-order valence-electron chi connectivity index (χ3n) is 4.89. The zero-order valence-electron chi connectivity index (χ0n) is 16.9. The summed E-state index contributed by atoms with van der Waals surface area (Å²) >= 11 is 12.2. The van der Waals surface area contributed by atoms with Crippen molar-refractivity contribution in [2.45, 2.75) is 13.5 Å². The highest BCUT2D eigenvalue weighted by atomic mass is 35.5. The fourth-order valence-electron chi connectivity index (χ4n) is 3.20. The predicted molar refractivity (Wildman–Crippen MR) is 119 cm³/mol. The van der Waals surface area contributed by atoms with Crippen LogP contribution in [-0.2, 0) is 13.6 Å². The molecule has 8 nitrogen and oxygen atoms in total. The van der Waals surface area contributed by atoms with E-state index in [2.05, 4.69) is 42.3 Å². The average Bonchev–Trinajstić information content (AvgIpc) is 3.00. The number of hydrogen-bond acceptors (Lipinski definition) is 5. The van der Waals surface area contributed by atoms with Gasteiger partial charge in [-0.25, -0.2) is 15.0 Å². The maximum atomic E-state index is 6.13. The largest absolute Gasteiger partial charge is 0.357 e. The number of anilines is 1. The van der Waals surface area contributed by atoms with E-state index < -0.39 is 0 Å². The number of hydrogen-bond donors (Lipinski definition) is 2. The van der Waals surface area contributed by atoms with Crippen molar-refractivity contribution in [1.29, 1.82) is 0 Å². The van der Waals surface area contributed by atoms with Crippen molar-refractivity contribution in [2.24, 2.45) is 12.0 Å². The molecule has 3 rings (SSSR count). The Morgan fingerprint density at radius 3 is 2.48 bits per heavy atom. The zero-order valence-corrected chi connectivity index (χ0v) is 18.4. The monoisotopic (exact) mass is 438 g/mol. The summed E-state index contributed by atoms with van der Waals surface area (Å²) in [5.74, 6) is 1.60. The Kier molecular flexibility index (Phi) is 7.97. The van der Waals surface area contributed by atoms with Gasteiger partial charge in [0, 0.05) is 70.9 Å². The molecule has 1 saturated heterocycles. The van der Waals surface area contributed by atoms with Crippen LogP contribution in [0.1, 0.15) is 12.6 Å². The van der Waals surface area contributed by atoms with E-state index in [0.29, 0.717) is 16.7 Å². The summed E-state index contributed by atoms with van der Waals surface area (Å²) in [6.45, 7) is 9.00. The van der Waals surface area contributed by atoms with Gasteiger partial charge in [-0.2, -0.15) is 0 Å². The molecule has 29 heavy (non-hydrogen) atoms. The van der Waals surface area contributed by atoms with Crippen molar-refractivity contribution in [3.63, 3.8) is 0 Å². The summed E-state index contributed by atoms with van der Waals surface area (Å²) in [6, 6.07) is 3.70. The number of rotatable bonds is 7. The van der Waals surface area contributed by atoms with Crippen molar-refractivity contribution in [2.75, 3.05) is 50.7 Å². The van der Waals surface area contributed by atoms with Crippen molar-refractivity contribution < 1.29 is 0 Å². The van der Waals surface area contributed by atoms with Crippen LogP contribution in [0.15, 0.2) is 29.5 Å². The van der Waals surface area contributed by atoms with E-state index in [-0.39, 0.29) is 0 Å². The minimum absolute atomic E-state index is 0.508. The summed E-state index contributed by atoms with van der Waals surface area (Å²) in [4.78, 5) is 18.0. The van der Waals surface area contributed by atoms with E-state index in [9.17, 15) is 0 Å². The average molecular weight is 439 g/mol. The second-order valence-electron chi connectivity index (χ2n) is 6.83. The molecule has 0 radical (unpaired) electrons. The number of guanidine groups is 1. The molecule has 2 aromatic heterocycles. The van der Waals surface area contributed by atoms with Crippen LogP contribution in [0.4, 0.5) is 5.95 Å². The molecule has 1 aliphatic rings. The van der Waals surface area contributed by atoms with Gasteiger partial charge in [-0.15, -0.1) is 0 Å². The Morgan fingerprint density at radius 1 is 1.14 bits per heavy atom. The molecule has 2 N–H and O–H groups in total. The first-order valence-corrected chi connectivity index (χ1v) is 10.6. The van der Waals surface area contributed by atoms with Crippen molar-refractivity contribution in [3.05, 3.63) is 40.4 Å². The van der Waals surface area contributed by atoms with Gasteiger partial charge in [0.15, 0.2) is 5.96 Å². The minimum atomic E-state index is 0.508. The second-order valence-corrected chi connectivity index (χ2v) is 7.60. The lowest BCUT2D eigenvalue weighted by Gasteiger charge is -2.34. The molecule has 0 atom stereocenters. The van der Waals surface area contributed by atoms with E-state index >= 15 is 0 Å². The Hall–Kier alpha value is -2.03. The molecule has 3 heterocycles. The molecular formula is C19H28Cl2N8. The molecule has 0 spiro atoms. The van der Waals surface area contributed by atoms with Crippen LogP contribution in [0.2, 0.25) is 10.2 Å². The standard InChI is InChI=1S/C19H28Cl2N8/c1-3-22-18(26-14-15-13-16(20)17(21)27(15)2)23-7-8-28-9-11-29(12-10-28)19-24-5-4-6-25-19/h4-6,13H,3,7-12,14H2,1-2H3,(H2,22,23,26). The highest BCUT2D eigenvalue weighted by molar-refractivity contribution is 6.41. The van der Waals surface area contributed by atoms with Gasteiger partial charge >= 0.3 is 0 Å². The molecule has 10 heteroatoms. The van der Waals surface area contributed by atoms with E-state index in [4.69, 9.17) is 23.2 Å². The summed E-state index contributed by atoms with van der Waals surface area (Å²) in [6.07, 6.45) is 3.58. The normalized spacial score (nSPS) is 15.6. The molecule has 0 unspecified atom stereocenters. The first kappa shape index (κ1) is 21.7. The summed E-state index contributed by atoms with van der Waals surface area (Å²) in [7, 11) is 1.89. The van der Waals surface area contributed by atoms with Gasteiger partial charge in [-0.1, -0.05) is 23.2 Å². The lowest BCUT2D eigenvalue weighted by Crippen LogP contribution is -2.49. The Labute approximate surface area is 181 Å². The third-order valence-corrected chi connectivity index (χ3v) is 5.73. The lowest BCUT2D eigenvalue weighted by atomic mass is 10.3. The van der Waals surface area contributed by atoms with Gasteiger partial charge < -0.3 is 20.1 Å².